The molecule has 2 aromatic carbocycles. The second-order valence-electron chi connectivity index (χ2n) is 5.71. The molecule has 0 spiro atoms. The molecule has 1 unspecified atom stereocenters. The lowest BCUT2D eigenvalue weighted by atomic mass is 9.93. The second kappa shape index (κ2) is 5.76. The lowest BCUT2D eigenvalue weighted by Crippen LogP contribution is -2.17. The largest absolute Gasteiger partial charge is 0.324 e. The Kier molecular flexibility index (Phi) is 4.24. The molecule has 106 valence electrons. The normalized spacial score (nSPS) is 12.5. The van der Waals surface area contributed by atoms with Crippen LogP contribution >= 0.6 is 0 Å². The van der Waals surface area contributed by atoms with Gasteiger partial charge in [0.15, 0.2) is 0 Å². The van der Waals surface area contributed by atoms with Crippen LogP contribution in [0.3, 0.4) is 0 Å². The predicted molar refractivity (Wildman–Crippen MR) is 82.4 cm³/mol. The van der Waals surface area contributed by atoms with Crippen molar-refractivity contribution < 1.29 is 4.39 Å². The van der Waals surface area contributed by atoms with Gasteiger partial charge in [-0.2, -0.15) is 0 Å². The summed E-state index contributed by atoms with van der Waals surface area (Å²) >= 11 is 0. The molecule has 1 atom stereocenters. The molecule has 0 amide bonds. The molecular formula is C18H22FN. The maximum atomic E-state index is 14.1. The molecule has 0 saturated heterocycles. The van der Waals surface area contributed by atoms with Gasteiger partial charge in [-0.1, -0.05) is 24.3 Å². The molecule has 20 heavy (non-hydrogen) atoms. The molecule has 0 aliphatic rings. The molecule has 0 aliphatic carbocycles. The average molecular weight is 271 g/mol. The molecule has 0 radical (unpaired) electrons. The lowest BCUT2D eigenvalue weighted by molar-refractivity contribution is 0.576. The van der Waals surface area contributed by atoms with Crippen LogP contribution < -0.4 is 5.73 Å². The van der Waals surface area contributed by atoms with Gasteiger partial charge in [-0.15, -0.1) is 0 Å². The van der Waals surface area contributed by atoms with E-state index in [-0.39, 0.29) is 11.9 Å². The van der Waals surface area contributed by atoms with Crippen molar-refractivity contribution >= 4 is 0 Å². The molecular weight excluding hydrogens is 249 g/mol. The van der Waals surface area contributed by atoms with Crippen molar-refractivity contribution in [3.63, 3.8) is 0 Å². The summed E-state index contributed by atoms with van der Waals surface area (Å²) in [4.78, 5) is 0. The summed E-state index contributed by atoms with van der Waals surface area (Å²) in [5.41, 5.74) is 12.4. The van der Waals surface area contributed by atoms with Crippen LogP contribution in [0.2, 0.25) is 0 Å². The van der Waals surface area contributed by atoms with Crippen LogP contribution in [0.4, 0.5) is 4.39 Å². The minimum absolute atomic E-state index is 0.196. The predicted octanol–water partition coefficient (Wildman–Crippen LogP) is 4.30. The van der Waals surface area contributed by atoms with E-state index >= 15 is 0 Å². The van der Waals surface area contributed by atoms with E-state index in [0.29, 0.717) is 12.0 Å². The van der Waals surface area contributed by atoms with Crippen molar-refractivity contribution in [3.8, 4) is 0 Å². The zero-order chi connectivity index (χ0) is 14.9. The summed E-state index contributed by atoms with van der Waals surface area (Å²) in [6, 6.07) is 9.54. The fourth-order valence-electron chi connectivity index (χ4n) is 2.68. The SMILES string of the molecule is Cc1cc(C)c(C(N)Cc2ccc(C)c(C)c2)c(F)c1. The number of nitrogens with two attached hydrogens (primary N) is 1. The summed E-state index contributed by atoms with van der Waals surface area (Å²) in [6.45, 7) is 7.99. The molecule has 0 saturated carbocycles. The first-order valence-corrected chi connectivity index (χ1v) is 6.97. The lowest BCUT2D eigenvalue weighted by Gasteiger charge is -2.17. The third-order valence-electron chi connectivity index (χ3n) is 3.88. The molecule has 2 heteroatoms. The van der Waals surface area contributed by atoms with Crippen molar-refractivity contribution in [1.29, 1.82) is 0 Å². The molecule has 2 aromatic rings. The Labute approximate surface area is 120 Å². The van der Waals surface area contributed by atoms with Gasteiger partial charge in [-0.3, -0.25) is 0 Å². The maximum absolute atomic E-state index is 14.1. The van der Waals surface area contributed by atoms with Crippen LogP contribution in [-0.2, 0) is 6.42 Å². The number of halogens is 1. The van der Waals surface area contributed by atoms with Crippen LogP contribution in [0.15, 0.2) is 30.3 Å². The summed E-state index contributed by atoms with van der Waals surface area (Å²) in [6.07, 6.45) is 0.655. The van der Waals surface area contributed by atoms with Gasteiger partial charge < -0.3 is 5.73 Å². The van der Waals surface area contributed by atoms with Gasteiger partial charge in [0.05, 0.1) is 0 Å². The van der Waals surface area contributed by atoms with E-state index in [0.717, 1.165) is 16.7 Å². The van der Waals surface area contributed by atoms with Crippen LogP contribution in [0, 0.1) is 33.5 Å². The molecule has 0 aromatic heterocycles. The van der Waals surface area contributed by atoms with E-state index in [4.69, 9.17) is 5.73 Å². The fourth-order valence-corrected chi connectivity index (χ4v) is 2.68. The Morgan fingerprint density at radius 3 is 2.25 bits per heavy atom. The van der Waals surface area contributed by atoms with E-state index in [1.165, 1.54) is 11.1 Å². The van der Waals surface area contributed by atoms with E-state index in [1.54, 1.807) is 6.07 Å². The molecule has 2 rings (SSSR count). The summed E-state index contributed by atoms with van der Waals surface area (Å²) in [5, 5.41) is 0. The highest BCUT2D eigenvalue weighted by atomic mass is 19.1. The first-order chi connectivity index (χ1) is 9.38. The van der Waals surface area contributed by atoms with Gasteiger partial charge in [0, 0.05) is 11.6 Å². The Bertz CT molecular complexity index is 608. The van der Waals surface area contributed by atoms with Crippen LogP contribution in [0.1, 0.15) is 39.4 Å². The smallest absolute Gasteiger partial charge is 0.128 e. The first kappa shape index (κ1) is 14.7. The van der Waals surface area contributed by atoms with Crippen LogP contribution in [-0.4, -0.2) is 0 Å². The van der Waals surface area contributed by atoms with Gasteiger partial charge in [0.1, 0.15) is 5.82 Å². The highest BCUT2D eigenvalue weighted by Crippen LogP contribution is 2.24. The Morgan fingerprint density at radius 2 is 1.65 bits per heavy atom. The number of hydrogen-bond donors (Lipinski definition) is 1. The van der Waals surface area contributed by atoms with Crippen molar-refractivity contribution in [3.05, 3.63) is 69.5 Å². The number of benzene rings is 2. The molecule has 1 nitrogen and oxygen atoms in total. The highest BCUT2D eigenvalue weighted by molar-refractivity contribution is 5.36. The standard InChI is InChI=1S/C18H22FN/c1-11-7-14(4)18(16(19)8-11)17(20)10-15-6-5-12(2)13(3)9-15/h5-9,17H,10,20H2,1-4H3. The fraction of sp³-hybridized carbons (Fsp3) is 0.333. The quantitative estimate of drug-likeness (QED) is 0.885. The maximum Gasteiger partial charge on any atom is 0.128 e. The Balaban J connectivity index is 2.28. The number of hydrogen-bond acceptors (Lipinski definition) is 1. The zero-order valence-corrected chi connectivity index (χ0v) is 12.6. The molecule has 0 heterocycles. The topological polar surface area (TPSA) is 26.0 Å². The molecule has 0 bridgehead atoms. The second-order valence-corrected chi connectivity index (χ2v) is 5.71. The van der Waals surface area contributed by atoms with Gasteiger partial charge in [0.25, 0.3) is 0 Å². The Morgan fingerprint density at radius 1 is 0.950 bits per heavy atom. The minimum Gasteiger partial charge on any atom is -0.324 e. The monoisotopic (exact) mass is 271 g/mol. The van der Waals surface area contributed by atoms with Gasteiger partial charge in [-0.05, 0) is 68.0 Å². The molecule has 0 fully saturated rings. The van der Waals surface area contributed by atoms with E-state index in [9.17, 15) is 4.39 Å². The average Bonchev–Trinajstić information content (AvgIpc) is 2.32. The number of aryl methyl sites for hydroxylation is 4. The summed E-state index contributed by atoms with van der Waals surface area (Å²) < 4.78 is 14.1. The van der Waals surface area contributed by atoms with Crippen molar-refractivity contribution in [2.75, 3.05) is 0 Å². The van der Waals surface area contributed by atoms with Crippen LogP contribution in [0.25, 0.3) is 0 Å². The minimum atomic E-state index is -0.308. The van der Waals surface area contributed by atoms with E-state index in [1.807, 2.05) is 19.9 Å². The van der Waals surface area contributed by atoms with Gasteiger partial charge in [-0.25, -0.2) is 4.39 Å². The van der Waals surface area contributed by atoms with Crippen molar-refractivity contribution in [1.82, 2.24) is 0 Å². The van der Waals surface area contributed by atoms with Gasteiger partial charge in [0.2, 0.25) is 0 Å². The van der Waals surface area contributed by atoms with Crippen molar-refractivity contribution in [2.24, 2.45) is 5.73 Å². The number of rotatable bonds is 3. The van der Waals surface area contributed by atoms with Gasteiger partial charge >= 0.3 is 0 Å². The summed E-state index contributed by atoms with van der Waals surface area (Å²) in [5.74, 6) is -0.196. The van der Waals surface area contributed by atoms with E-state index < -0.39 is 0 Å². The highest BCUT2D eigenvalue weighted by Gasteiger charge is 2.15. The van der Waals surface area contributed by atoms with Crippen LogP contribution in [0.5, 0.6) is 0 Å². The molecule has 0 aliphatic heterocycles. The van der Waals surface area contributed by atoms with Crippen molar-refractivity contribution in [2.45, 2.75) is 40.2 Å². The van der Waals surface area contributed by atoms with E-state index in [2.05, 4.69) is 32.0 Å². The summed E-state index contributed by atoms with van der Waals surface area (Å²) in [7, 11) is 0. The molecule has 2 N–H and O–H groups in total. The third kappa shape index (κ3) is 3.07. The first-order valence-electron chi connectivity index (χ1n) is 6.97. The zero-order valence-electron chi connectivity index (χ0n) is 12.6. The third-order valence-corrected chi connectivity index (χ3v) is 3.88. The Hall–Kier alpha value is -1.67.